The van der Waals surface area contributed by atoms with Gasteiger partial charge in [0, 0.05) is 20.2 Å². The molecular weight excluding hydrogens is 320 g/mol. The van der Waals surface area contributed by atoms with Gasteiger partial charge in [-0.05, 0) is 44.2 Å². The number of nitrogens with zero attached hydrogens (tertiary/aromatic N) is 1. The van der Waals surface area contributed by atoms with Crippen molar-refractivity contribution in [1.29, 1.82) is 0 Å². The molecule has 138 valence electrons. The molecule has 1 unspecified atom stereocenters. The molecule has 0 saturated carbocycles. The Kier molecular flexibility index (Phi) is 7.25. The highest BCUT2D eigenvalue weighted by atomic mass is 16.5. The van der Waals surface area contributed by atoms with Crippen LogP contribution in [-0.2, 0) is 20.7 Å². The van der Waals surface area contributed by atoms with Gasteiger partial charge in [0.25, 0.3) is 5.91 Å². The van der Waals surface area contributed by atoms with Crippen LogP contribution in [0.25, 0.3) is 0 Å². The van der Waals surface area contributed by atoms with Crippen LogP contribution in [0.3, 0.4) is 0 Å². The highest BCUT2D eigenvalue weighted by Crippen LogP contribution is 2.19. The maximum Gasteiger partial charge on any atom is 0.252 e. The van der Waals surface area contributed by atoms with Gasteiger partial charge in [0.15, 0.2) is 0 Å². The molecule has 25 heavy (non-hydrogen) atoms. The highest BCUT2D eigenvalue weighted by molar-refractivity contribution is 5.87. The van der Waals surface area contributed by atoms with Crippen molar-refractivity contribution in [3.63, 3.8) is 0 Å². The Hall–Kier alpha value is -2.08. The Morgan fingerprint density at radius 2 is 2.12 bits per heavy atom. The fourth-order valence-electron chi connectivity index (χ4n) is 3.11. The molecule has 1 aliphatic rings. The van der Waals surface area contributed by atoms with Crippen molar-refractivity contribution >= 4 is 11.8 Å². The van der Waals surface area contributed by atoms with Crippen LogP contribution < -0.4 is 10.1 Å². The van der Waals surface area contributed by atoms with Crippen molar-refractivity contribution in [3.8, 4) is 5.75 Å². The Bertz CT molecular complexity index is 603. The van der Waals surface area contributed by atoms with Crippen molar-refractivity contribution in [2.24, 2.45) is 0 Å². The van der Waals surface area contributed by atoms with Gasteiger partial charge >= 0.3 is 0 Å². The molecule has 1 aromatic rings. The zero-order valence-corrected chi connectivity index (χ0v) is 15.3. The first kappa shape index (κ1) is 19.2. The minimum absolute atomic E-state index is 0.0870. The van der Waals surface area contributed by atoms with Gasteiger partial charge in [-0.3, -0.25) is 9.59 Å². The lowest BCUT2D eigenvalue weighted by atomic mass is 10.1. The second-order valence-electron chi connectivity index (χ2n) is 6.40. The molecule has 1 heterocycles. The van der Waals surface area contributed by atoms with Crippen molar-refractivity contribution in [2.45, 2.75) is 38.7 Å². The number of benzene rings is 1. The molecule has 2 rings (SSSR count). The Morgan fingerprint density at radius 3 is 2.84 bits per heavy atom. The van der Waals surface area contributed by atoms with Gasteiger partial charge in [-0.25, -0.2) is 0 Å². The third-order valence-corrected chi connectivity index (χ3v) is 4.50. The van der Waals surface area contributed by atoms with Gasteiger partial charge in [-0.2, -0.15) is 0 Å². The summed E-state index contributed by atoms with van der Waals surface area (Å²) in [5, 5.41) is 2.89. The number of hydrogen-bond acceptors (Lipinski definition) is 4. The summed E-state index contributed by atoms with van der Waals surface area (Å²) >= 11 is 0. The van der Waals surface area contributed by atoms with Gasteiger partial charge in [-0.15, -0.1) is 0 Å². The predicted molar refractivity (Wildman–Crippen MR) is 95.7 cm³/mol. The molecule has 1 saturated heterocycles. The van der Waals surface area contributed by atoms with E-state index in [1.165, 1.54) is 0 Å². The number of amides is 2. The van der Waals surface area contributed by atoms with E-state index >= 15 is 0 Å². The van der Waals surface area contributed by atoms with Crippen LogP contribution in [0.2, 0.25) is 0 Å². The maximum atomic E-state index is 12.3. The molecule has 1 atom stereocenters. The first-order valence-electron chi connectivity index (χ1n) is 8.77. The van der Waals surface area contributed by atoms with E-state index in [1.54, 1.807) is 19.1 Å². The van der Waals surface area contributed by atoms with Crippen LogP contribution in [0.5, 0.6) is 5.75 Å². The zero-order valence-electron chi connectivity index (χ0n) is 15.3. The summed E-state index contributed by atoms with van der Waals surface area (Å²) in [5.41, 5.74) is 2.22. The molecule has 6 heteroatoms. The second kappa shape index (κ2) is 9.42. The number of methoxy groups -OCH3 is 2. The monoisotopic (exact) mass is 348 g/mol. The zero-order chi connectivity index (χ0) is 18.2. The molecule has 0 spiro atoms. The van der Waals surface area contributed by atoms with Crippen LogP contribution in [0.4, 0.5) is 0 Å². The van der Waals surface area contributed by atoms with E-state index in [2.05, 4.69) is 11.4 Å². The van der Waals surface area contributed by atoms with Crippen LogP contribution in [0.1, 0.15) is 30.4 Å². The molecule has 1 aromatic carbocycles. The molecule has 0 bridgehead atoms. The summed E-state index contributed by atoms with van der Waals surface area (Å²) in [6, 6.07) is 6.00. The van der Waals surface area contributed by atoms with Crippen LogP contribution in [0, 0.1) is 6.92 Å². The van der Waals surface area contributed by atoms with Crippen molar-refractivity contribution < 1.29 is 19.1 Å². The maximum absolute atomic E-state index is 12.3. The Morgan fingerprint density at radius 1 is 1.32 bits per heavy atom. The SMILES string of the molecule is COc1ccc(C)cc1CCNC(=O)CN1CCCCC(OC)C1=O. The molecule has 0 aromatic heterocycles. The van der Waals surface area contributed by atoms with E-state index in [9.17, 15) is 9.59 Å². The molecule has 1 fully saturated rings. The van der Waals surface area contributed by atoms with Gasteiger partial charge < -0.3 is 19.7 Å². The van der Waals surface area contributed by atoms with E-state index in [-0.39, 0.29) is 18.4 Å². The standard InChI is InChI=1S/C19H28N2O4/c1-14-7-8-16(24-2)15(12-14)9-10-20-18(22)13-21-11-5-4-6-17(25-3)19(21)23/h7-8,12,17H,4-6,9-11,13H2,1-3H3,(H,20,22). The highest BCUT2D eigenvalue weighted by Gasteiger charge is 2.27. The summed E-state index contributed by atoms with van der Waals surface area (Å²) in [7, 11) is 3.19. The lowest BCUT2D eigenvalue weighted by Crippen LogP contribution is -2.45. The van der Waals surface area contributed by atoms with Crippen molar-refractivity contribution in [1.82, 2.24) is 10.2 Å². The quantitative estimate of drug-likeness (QED) is 0.814. The second-order valence-corrected chi connectivity index (χ2v) is 6.40. The molecule has 6 nitrogen and oxygen atoms in total. The minimum Gasteiger partial charge on any atom is -0.496 e. The molecule has 2 amide bonds. The normalized spacial score (nSPS) is 18.0. The molecular formula is C19H28N2O4. The van der Waals surface area contributed by atoms with Crippen molar-refractivity contribution in [2.75, 3.05) is 33.9 Å². The number of likely N-dealkylation sites (tertiary alicyclic amines) is 1. The summed E-state index contributed by atoms with van der Waals surface area (Å²) in [5.74, 6) is 0.595. The van der Waals surface area contributed by atoms with Gasteiger partial charge in [0.2, 0.25) is 5.91 Å². The Labute approximate surface area is 149 Å². The molecule has 0 radical (unpaired) electrons. The number of hydrogen-bond donors (Lipinski definition) is 1. The van der Waals surface area contributed by atoms with Gasteiger partial charge in [0.1, 0.15) is 11.9 Å². The van der Waals surface area contributed by atoms with Crippen molar-refractivity contribution in [3.05, 3.63) is 29.3 Å². The van der Waals surface area contributed by atoms with E-state index in [0.717, 1.165) is 36.1 Å². The average molecular weight is 348 g/mol. The number of carbonyl (C=O) groups is 2. The number of carbonyl (C=O) groups excluding carboxylic acids is 2. The number of rotatable bonds is 7. The lowest BCUT2D eigenvalue weighted by Gasteiger charge is -2.23. The molecule has 1 N–H and O–H groups in total. The fraction of sp³-hybridized carbons (Fsp3) is 0.579. The predicted octanol–water partition coefficient (Wildman–Crippen LogP) is 1.69. The van der Waals surface area contributed by atoms with E-state index in [0.29, 0.717) is 19.5 Å². The van der Waals surface area contributed by atoms with Gasteiger partial charge in [-0.1, -0.05) is 17.7 Å². The minimum atomic E-state index is -0.424. The van der Waals surface area contributed by atoms with Gasteiger partial charge in [0.05, 0.1) is 13.7 Å². The first-order chi connectivity index (χ1) is 12.0. The fourth-order valence-corrected chi connectivity index (χ4v) is 3.11. The third-order valence-electron chi connectivity index (χ3n) is 4.50. The van der Waals surface area contributed by atoms with Crippen LogP contribution in [0.15, 0.2) is 18.2 Å². The largest absolute Gasteiger partial charge is 0.496 e. The summed E-state index contributed by atoms with van der Waals surface area (Å²) in [6.07, 6.45) is 2.83. The summed E-state index contributed by atoms with van der Waals surface area (Å²) in [4.78, 5) is 26.1. The average Bonchev–Trinajstić information content (AvgIpc) is 2.77. The number of nitrogens with one attached hydrogen (secondary N) is 1. The van der Waals surface area contributed by atoms with E-state index < -0.39 is 6.10 Å². The van der Waals surface area contributed by atoms with Crippen LogP contribution in [-0.4, -0.2) is 56.7 Å². The lowest BCUT2D eigenvalue weighted by molar-refractivity contribution is -0.144. The van der Waals surface area contributed by atoms with E-state index in [1.807, 2.05) is 19.1 Å². The molecule has 0 aliphatic carbocycles. The topological polar surface area (TPSA) is 67.9 Å². The first-order valence-corrected chi connectivity index (χ1v) is 8.77. The molecule has 1 aliphatic heterocycles. The smallest absolute Gasteiger partial charge is 0.252 e. The van der Waals surface area contributed by atoms with Crippen LogP contribution >= 0.6 is 0 Å². The summed E-state index contributed by atoms with van der Waals surface area (Å²) < 4.78 is 10.6. The Balaban J connectivity index is 1.84. The summed E-state index contributed by atoms with van der Waals surface area (Å²) in [6.45, 7) is 3.23. The third kappa shape index (κ3) is 5.46. The van der Waals surface area contributed by atoms with E-state index in [4.69, 9.17) is 9.47 Å². The number of aryl methyl sites for hydroxylation is 1. The number of ether oxygens (including phenoxy) is 2.